The Morgan fingerprint density at radius 2 is 2.00 bits per heavy atom. The molecule has 1 saturated heterocycles. The van der Waals surface area contributed by atoms with E-state index in [4.69, 9.17) is 10.4 Å². The first-order valence-corrected chi connectivity index (χ1v) is 7.69. The fourth-order valence-electron chi connectivity index (χ4n) is 2.28. The Kier molecular flexibility index (Phi) is 4.27. The molecule has 0 radical (unpaired) electrons. The summed E-state index contributed by atoms with van der Waals surface area (Å²) in [5.74, 6) is -1.28. The number of benzene rings is 1. The molecule has 0 saturated carbocycles. The number of carboxylic acids is 1. The predicted molar refractivity (Wildman–Crippen MR) is 71.7 cm³/mol. The molecule has 1 aliphatic heterocycles. The molecule has 0 spiro atoms. The molecular weight excluding hydrogens is 296 g/mol. The molecule has 0 bridgehead atoms. The summed E-state index contributed by atoms with van der Waals surface area (Å²) in [5.41, 5.74) is 0.674. The lowest BCUT2D eigenvalue weighted by atomic mass is 10.2. The smallest absolute Gasteiger partial charge is 0.322 e. The number of β-amino-alcohol motifs (C(OH)–C–C–N with tert-alkyl or cyclic N) is 1. The normalized spacial score (nSPS) is 22.9. The Bertz CT molecular complexity index is 678. The zero-order valence-corrected chi connectivity index (χ0v) is 11.8. The van der Waals surface area contributed by atoms with E-state index in [1.165, 1.54) is 24.3 Å². The van der Waals surface area contributed by atoms with E-state index >= 15 is 0 Å². The quantitative estimate of drug-likeness (QED) is 0.805. The van der Waals surface area contributed by atoms with E-state index in [9.17, 15) is 18.3 Å². The second kappa shape index (κ2) is 5.81. The number of nitrogens with zero attached hydrogens (tertiary/aromatic N) is 2. The summed E-state index contributed by atoms with van der Waals surface area (Å²) in [6, 6.07) is 6.40. The van der Waals surface area contributed by atoms with Gasteiger partial charge in [-0.1, -0.05) is 12.1 Å². The zero-order valence-electron chi connectivity index (χ0n) is 11.0. The summed E-state index contributed by atoms with van der Waals surface area (Å²) >= 11 is 0. The first-order chi connectivity index (χ1) is 9.86. The van der Waals surface area contributed by atoms with Gasteiger partial charge in [-0.25, -0.2) is 8.42 Å². The minimum atomic E-state index is -3.99. The lowest BCUT2D eigenvalue weighted by molar-refractivity contribution is -0.140. The van der Waals surface area contributed by atoms with Crippen LogP contribution in [0.4, 0.5) is 0 Å². The van der Waals surface area contributed by atoms with Gasteiger partial charge in [-0.05, 0) is 17.7 Å². The SMILES string of the molecule is N#CCc1ccc(S(=O)(=O)N2C[C@@H](O)C[C@H]2C(=O)O)cc1. The van der Waals surface area contributed by atoms with Crippen LogP contribution in [0.5, 0.6) is 0 Å². The van der Waals surface area contributed by atoms with Crippen LogP contribution in [0, 0.1) is 11.3 Å². The summed E-state index contributed by atoms with van der Waals surface area (Å²) in [4.78, 5) is 11.1. The van der Waals surface area contributed by atoms with Crippen LogP contribution in [-0.2, 0) is 21.2 Å². The third kappa shape index (κ3) is 3.05. The van der Waals surface area contributed by atoms with Crippen molar-refractivity contribution in [3.8, 4) is 6.07 Å². The highest BCUT2D eigenvalue weighted by molar-refractivity contribution is 7.89. The fraction of sp³-hybridized carbons (Fsp3) is 0.385. The van der Waals surface area contributed by atoms with Crippen LogP contribution in [0.3, 0.4) is 0 Å². The van der Waals surface area contributed by atoms with Gasteiger partial charge < -0.3 is 10.2 Å². The average molecular weight is 310 g/mol. The Morgan fingerprint density at radius 3 is 2.52 bits per heavy atom. The number of aliphatic hydroxyl groups is 1. The second-order valence-corrected chi connectivity index (χ2v) is 6.69. The molecule has 1 aliphatic rings. The molecule has 0 amide bonds. The molecule has 2 rings (SSSR count). The maximum atomic E-state index is 12.5. The molecule has 0 aliphatic carbocycles. The van der Waals surface area contributed by atoms with Gasteiger partial charge in [0.1, 0.15) is 6.04 Å². The third-order valence-corrected chi connectivity index (χ3v) is 5.22. The summed E-state index contributed by atoms with van der Waals surface area (Å²) in [5, 5.41) is 27.2. The van der Waals surface area contributed by atoms with Crippen molar-refractivity contribution in [3.63, 3.8) is 0 Å². The molecule has 1 heterocycles. The number of hydrogen-bond donors (Lipinski definition) is 2. The highest BCUT2D eigenvalue weighted by Crippen LogP contribution is 2.26. The summed E-state index contributed by atoms with van der Waals surface area (Å²) in [6.45, 7) is -0.237. The van der Waals surface area contributed by atoms with Gasteiger partial charge in [-0.2, -0.15) is 9.57 Å². The lowest BCUT2D eigenvalue weighted by Gasteiger charge is -2.20. The predicted octanol–water partition coefficient (Wildman–Crippen LogP) is -0.0388. The summed E-state index contributed by atoms with van der Waals surface area (Å²) in [7, 11) is -3.99. The summed E-state index contributed by atoms with van der Waals surface area (Å²) < 4.78 is 25.7. The van der Waals surface area contributed by atoms with Crippen molar-refractivity contribution in [2.75, 3.05) is 6.54 Å². The van der Waals surface area contributed by atoms with Crippen LogP contribution in [0.1, 0.15) is 12.0 Å². The van der Waals surface area contributed by atoms with Gasteiger partial charge in [-0.15, -0.1) is 0 Å². The van der Waals surface area contributed by atoms with Crippen LogP contribution < -0.4 is 0 Å². The van der Waals surface area contributed by atoms with Crippen molar-refractivity contribution in [3.05, 3.63) is 29.8 Å². The molecule has 1 aromatic rings. The molecular formula is C13H14N2O5S. The molecule has 0 aromatic heterocycles. The highest BCUT2D eigenvalue weighted by atomic mass is 32.2. The minimum Gasteiger partial charge on any atom is -0.480 e. The Labute approximate surface area is 122 Å². The largest absolute Gasteiger partial charge is 0.480 e. The van der Waals surface area contributed by atoms with Gasteiger partial charge in [0, 0.05) is 13.0 Å². The van der Waals surface area contributed by atoms with E-state index in [-0.39, 0.29) is 24.3 Å². The van der Waals surface area contributed by atoms with E-state index < -0.39 is 28.1 Å². The molecule has 21 heavy (non-hydrogen) atoms. The first kappa shape index (κ1) is 15.4. The van der Waals surface area contributed by atoms with Crippen LogP contribution in [0.15, 0.2) is 29.2 Å². The van der Waals surface area contributed by atoms with Crippen LogP contribution in [0.2, 0.25) is 0 Å². The van der Waals surface area contributed by atoms with Gasteiger partial charge in [-0.3, -0.25) is 4.79 Å². The van der Waals surface area contributed by atoms with Crippen molar-refractivity contribution in [1.82, 2.24) is 4.31 Å². The van der Waals surface area contributed by atoms with E-state index in [2.05, 4.69) is 0 Å². The third-order valence-electron chi connectivity index (χ3n) is 3.33. The molecule has 7 nitrogen and oxygen atoms in total. The van der Waals surface area contributed by atoms with Gasteiger partial charge in [0.15, 0.2) is 0 Å². The number of carboxylic acid groups (broad SMARTS) is 1. The number of carbonyl (C=O) groups is 1. The number of rotatable bonds is 4. The number of aliphatic carboxylic acids is 1. The van der Waals surface area contributed by atoms with Crippen LogP contribution in [0.25, 0.3) is 0 Å². The maximum Gasteiger partial charge on any atom is 0.322 e. The molecule has 2 atom stereocenters. The molecule has 112 valence electrons. The zero-order chi connectivity index (χ0) is 15.6. The fourth-order valence-corrected chi connectivity index (χ4v) is 3.91. The molecule has 0 unspecified atom stereocenters. The van der Waals surface area contributed by atoms with Crippen molar-refractivity contribution in [2.24, 2.45) is 0 Å². The van der Waals surface area contributed by atoms with Crippen LogP contribution >= 0.6 is 0 Å². The van der Waals surface area contributed by atoms with Crippen molar-refractivity contribution < 1.29 is 23.4 Å². The van der Waals surface area contributed by atoms with E-state index in [1.807, 2.05) is 6.07 Å². The van der Waals surface area contributed by atoms with Gasteiger partial charge in [0.25, 0.3) is 0 Å². The van der Waals surface area contributed by atoms with E-state index in [0.29, 0.717) is 5.56 Å². The molecule has 1 fully saturated rings. The second-order valence-electron chi connectivity index (χ2n) is 4.80. The molecule has 2 N–H and O–H groups in total. The maximum absolute atomic E-state index is 12.5. The van der Waals surface area contributed by atoms with E-state index in [1.54, 1.807) is 0 Å². The highest BCUT2D eigenvalue weighted by Gasteiger charge is 2.43. The van der Waals surface area contributed by atoms with Crippen molar-refractivity contribution in [2.45, 2.75) is 29.9 Å². The summed E-state index contributed by atoms with van der Waals surface area (Å²) in [6.07, 6.45) is -0.944. The first-order valence-electron chi connectivity index (χ1n) is 6.25. The standard InChI is InChI=1S/C13H14N2O5S/c14-6-5-9-1-3-11(4-2-9)21(19,20)15-8-10(16)7-12(15)13(17)18/h1-4,10,12,16H,5,7-8H2,(H,17,18)/t10-,12-/m0/s1. The Hall–Kier alpha value is -1.95. The van der Waals surface area contributed by atoms with Gasteiger partial charge >= 0.3 is 5.97 Å². The molecule has 8 heteroatoms. The van der Waals surface area contributed by atoms with Crippen molar-refractivity contribution >= 4 is 16.0 Å². The Morgan fingerprint density at radius 1 is 1.38 bits per heavy atom. The number of nitriles is 1. The molecule has 1 aromatic carbocycles. The van der Waals surface area contributed by atoms with Crippen molar-refractivity contribution in [1.29, 1.82) is 5.26 Å². The van der Waals surface area contributed by atoms with Gasteiger partial charge in [0.05, 0.1) is 23.5 Å². The monoisotopic (exact) mass is 310 g/mol. The minimum absolute atomic E-state index is 0.0514. The Balaban J connectivity index is 2.33. The number of aliphatic hydroxyl groups excluding tert-OH is 1. The lowest BCUT2D eigenvalue weighted by Crippen LogP contribution is -2.40. The van der Waals surface area contributed by atoms with Crippen LogP contribution in [-0.4, -0.2) is 47.6 Å². The van der Waals surface area contributed by atoms with E-state index in [0.717, 1.165) is 4.31 Å². The number of sulfonamides is 1. The average Bonchev–Trinajstić information content (AvgIpc) is 2.83. The topological polar surface area (TPSA) is 119 Å². The number of hydrogen-bond acceptors (Lipinski definition) is 5. The van der Waals surface area contributed by atoms with Gasteiger partial charge in [0.2, 0.25) is 10.0 Å².